The lowest BCUT2D eigenvalue weighted by Crippen LogP contribution is -2.26. The number of aliphatic carboxylic acids is 1. The Morgan fingerprint density at radius 2 is 2.21 bits per heavy atom. The van der Waals surface area contributed by atoms with Crippen molar-refractivity contribution >= 4 is 11.9 Å². The number of amides is 1. The number of methoxy groups -OCH3 is 1. The summed E-state index contributed by atoms with van der Waals surface area (Å²) in [5.74, 6) is 0.195. The van der Waals surface area contributed by atoms with Crippen molar-refractivity contribution in [1.29, 1.82) is 0 Å². The molecule has 126 valence electrons. The molecule has 1 aliphatic rings. The van der Waals surface area contributed by atoms with Crippen LogP contribution in [0.15, 0.2) is 22.7 Å². The van der Waals surface area contributed by atoms with Gasteiger partial charge >= 0.3 is 5.97 Å². The van der Waals surface area contributed by atoms with Crippen molar-refractivity contribution in [3.05, 3.63) is 35.0 Å². The van der Waals surface area contributed by atoms with Crippen LogP contribution in [0.5, 0.6) is 5.75 Å². The molecule has 0 saturated carbocycles. The minimum atomic E-state index is -0.880. The average Bonchev–Trinajstić information content (AvgIpc) is 3.02. The highest BCUT2D eigenvalue weighted by molar-refractivity contribution is 5.95. The Balaban J connectivity index is 1.76. The Hall–Kier alpha value is -2.83. The molecule has 0 unspecified atom stereocenters. The van der Waals surface area contributed by atoms with Crippen LogP contribution in [0.4, 0.5) is 0 Å². The fraction of sp³-hybridized carbons (Fsp3) is 0.353. The number of benzene rings is 1. The Kier molecular flexibility index (Phi) is 4.50. The first-order valence-electron chi connectivity index (χ1n) is 7.76. The topological polar surface area (TPSA) is 102 Å². The van der Waals surface area contributed by atoms with Gasteiger partial charge in [0.1, 0.15) is 5.75 Å². The minimum Gasteiger partial charge on any atom is -0.497 e. The zero-order valence-corrected chi connectivity index (χ0v) is 13.3. The van der Waals surface area contributed by atoms with E-state index in [0.717, 1.165) is 28.9 Å². The highest BCUT2D eigenvalue weighted by Gasteiger charge is 2.27. The number of carbonyl (C=O) groups excluding carboxylic acids is 1. The molecule has 0 atom stereocenters. The summed E-state index contributed by atoms with van der Waals surface area (Å²) in [6, 6.07) is 5.72. The maximum absolute atomic E-state index is 12.2. The van der Waals surface area contributed by atoms with Crippen molar-refractivity contribution in [3.63, 3.8) is 0 Å². The van der Waals surface area contributed by atoms with Gasteiger partial charge in [-0.25, -0.2) is 0 Å². The average molecular weight is 330 g/mol. The van der Waals surface area contributed by atoms with Crippen LogP contribution in [0.2, 0.25) is 0 Å². The lowest BCUT2D eigenvalue weighted by Gasteiger charge is -2.15. The number of nitrogens with one attached hydrogen (secondary N) is 1. The Morgan fingerprint density at radius 1 is 1.38 bits per heavy atom. The summed E-state index contributed by atoms with van der Waals surface area (Å²) in [7, 11) is 1.62. The minimum absolute atomic E-state index is 0.0202. The van der Waals surface area contributed by atoms with E-state index in [1.165, 1.54) is 0 Å². The van der Waals surface area contributed by atoms with Crippen LogP contribution in [-0.2, 0) is 17.6 Å². The van der Waals surface area contributed by atoms with Crippen molar-refractivity contribution in [1.82, 2.24) is 10.5 Å². The van der Waals surface area contributed by atoms with E-state index in [0.29, 0.717) is 25.1 Å². The van der Waals surface area contributed by atoms with Crippen LogP contribution in [0, 0.1) is 0 Å². The Labute approximate surface area is 138 Å². The summed E-state index contributed by atoms with van der Waals surface area (Å²) < 4.78 is 10.6. The van der Waals surface area contributed by atoms with Gasteiger partial charge in [-0.3, -0.25) is 9.59 Å². The summed E-state index contributed by atoms with van der Waals surface area (Å²) in [6.45, 7) is 0.292. The molecule has 0 aliphatic heterocycles. The van der Waals surface area contributed by atoms with Crippen LogP contribution < -0.4 is 10.1 Å². The van der Waals surface area contributed by atoms with Crippen molar-refractivity contribution in [3.8, 4) is 17.1 Å². The number of nitrogens with zero attached hydrogens (tertiary/aromatic N) is 1. The van der Waals surface area contributed by atoms with Crippen molar-refractivity contribution in [2.75, 3.05) is 13.7 Å². The number of carboxylic acid groups (broad SMARTS) is 1. The fourth-order valence-electron chi connectivity index (χ4n) is 2.84. The quantitative estimate of drug-likeness (QED) is 0.786. The number of aryl methyl sites for hydroxylation is 1. The lowest BCUT2D eigenvalue weighted by molar-refractivity contribution is -0.137. The van der Waals surface area contributed by atoms with Gasteiger partial charge in [0.15, 0.2) is 11.5 Å². The molecule has 0 spiro atoms. The number of fused-ring (bicyclic) bond motifs is 3. The monoisotopic (exact) mass is 330 g/mol. The smallest absolute Gasteiger partial charge is 0.303 e. The van der Waals surface area contributed by atoms with Crippen LogP contribution >= 0.6 is 0 Å². The molecule has 2 N–H and O–H groups in total. The van der Waals surface area contributed by atoms with Gasteiger partial charge in [0.05, 0.1) is 7.11 Å². The van der Waals surface area contributed by atoms with Gasteiger partial charge in [-0.15, -0.1) is 0 Å². The number of carboxylic acids is 1. The molecular formula is C17H18N2O5. The SMILES string of the molecule is COc1ccc2c(c1)CCc1c(C(=O)NCCCC(=O)O)noc1-2. The summed E-state index contributed by atoms with van der Waals surface area (Å²) in [6.07, 6.45) is 1.84. The standard InChI is InChI=1S/C17H18N2O5/c1-23-11-5-7-12-10(9-11)4-6-13-15(19-24-16(12)13)17(22)18-8-2-3-14(20)21/h5,7,9H,2-4,6,8H2,1H3,(H,18,22)(H,20,21). The number of carbonyl (C=O) groups is 2. The predicted molar refractivity (Wildman–Crippen MR) is 85.1 cm³/mol. The van der Waals surface area contributed by atoms with Gasteiger partial charge in [0.25, 0.3) is 5.91 Å². The normalized spacial score (nSPS) is 12.2. The largest absolute Gasteiger partial charge is 0.497 e. The molecular weight excluding hydrogens is 312 g/mol. The van der Waals surface area contributed by atoms with E-state index in [1.54, 1.807) is 7.11 Å². The summed E-state index contributed by atoms with van der Waals surface area (Å²) in [4.78, 5) is 22.7. The Bertz CT molecular complexity index is 781. The number of aromatic nitrogens is 1. The number of ether oxygens (including phenoxy) is 1. The number of hydrogen-bond donors (Lipinski definition) is 2. The molecule has 0 radical (unpaired) electrons. The van der Waals surface area contributed by atoms with E-state index >= 15 is 0 Å². The molecule has 1 aromatic heterocycles. The molecule has 1 heterocycles. The van der Waals surface area contributed by atoms with Crippen LogP contribution in [-0.4, -0.2) is 35.8 Å². The van der Waals surface area contributed by atoms with Gasteiger partial charge in [-0.1, -0.05) is 5.16 Å². The molecule has 7 nitrogen and oxygen atoms in total. The molecule has 24 heavy (non-hydrogen) atoms. The van der Waals surface area contributed by atoms with E-state index in [1.807, 2.05) is 18.2 Å². The van der Waals surface area contributed by atoms with Crippen LogP contribution in [0.25, 0.3) is 11.3 Å². The maximum Gasteiger partial charge on any atom is 0.303 e. The third kappa shape index (κ3) is 3.10. The van der Waals surface area contributed by atoms with E-state index in [-0.39, 0.29) is 18.0 Å². The van der Waals surface area contributed by atoms with Gasteiger partial charge in [-0.05, 0) is 43.0 Å². The lowest BCUT2D eigenvalue weighted by atomic mass is 9.89. The zero-order valence-electron chi connectivity index (χ0n) is 13.3. The van der Waals surface area contributed by atoms with Crippen molar-refractivity contribution in [2.24, 2.45) is 0 Å². The van der Waals surface area contributed by atoms with Crippen LogP contribution in [0.3, 0.4) is 0 Å². The van der Waals surface area contributed by atoms with Crippen molar-refractivity contribution < 1.29 is 24.0 Å². The second-order valence-electron chi connectivity index (χ2n) is 5.62. The van der Waals surface area contributed by atoms with Gasteiger partial charge < -0.3 is 19.7 Å². The zero-order chi connectivity index (χ0) is 17.1. The molecule has 0 saturated heterocycles. The first-order chi connectivity index (χ1) is 11.6. The second kappa shape index (κ2) is 6.74. The number of rotatable bonds is 6. The van der Waals surface area contributed by atoms with Gasteiger partial charge in [-0.2, -0.15) is 0 Å². The van der Waals surface area contributed by atoms with E-state index < -0.39 is 5.97 Å². The highest BCUT2D eigenvalue weighted by Crippen LogP contribution is 2.36. The van der Waals surface area contributed by atoms with E-state index in [9.17, 15) is 9.59 Å². The molecule has 0 bridgehead atoms. The van der Waals surface area contributed by atoms with Crippen LogP contribution in [0.1, 0.15) is 34.5 Å². The molecule has 3 rings (SSSR count). The first-order valence-corrected chi connectivity index (χ1v) is 7.76. The second-order valence-corrected chi connectivity index (χ2v) is 5.62. The number of hydrogen-bond acceptors (Lipinski definition) is 5. The van der Waals surface area contributed by atoms with Gasteiger partial charge in [0.2, 0.25) is 0 Å². The van der Waals surface area contributed by atoms with Crippen molar-refractivity contribution in [2.45, 2.75) is 25.7 Å². The predicted octanol–water partition coefficient (Wildman–Crippen LogP) is 2.04. The molecule has 1 amide bonds. The molecule has 1 aliphatic carbocycles. The highest BCUT2D eigenvalue weighted by atomic mass is 16.5. The maximum atomic E-state index is 12.2. The van der Waals surface area contributed by atoms with Gasteiger partial charge in [0, 0.05) is 24.1 Å². The molecule has 2 aromatic rings. The Morgan fingerprint density at radius 3 is 2.96 bits per heavy atom. The molecule has 1 aromatic carbocycles. The summed E-state index contributed by atoms with van der Waals surface area (Å²) >= 11 is 0. The fourth-order valence-corrected chi connectivity index (χ4v) is 2.84. The third-order valence-corrected chi connectivity index (χ3v) is 4.06. The molecule has 7 heteroatoms. The molecule has 0 fully saturated rings. The third-order valence-electron chi connectivity index (χ3n) is 4.06. The summed E-state index contributed by atoms with van der Waals surface area (Å²) in [5.41, 5.74) is 3.10. The summed E-state index contributed by atoms with van der Waals surface area (Å²) in [5, 5.41) is 15.2. The first kappa shape index (κ1) is 16.0. The van der Waals surface area contributed by atoms with E-state index in [2.05, 4.69) is 10.5 Å². The van der Waals surface area contributed by atoms with E-state index in [4.69, 9.17) is 14.4 Å².